The molecule has 1 heterocycles. The maximum Gasteiger partial charge on any atom is 0.251 e. The number of ether oxygens (including phenoxy) is 1. The summed E-state index contributed by atoms with van der Waals surface area (Å²) in [5, 5.41) is 11.4. The number of aromatic nitrogens is 2. The van der Waals surface area contributed by atoms with Crippen molar-refractivity contribution in [3.63, 3.8) is 0 Å². The standard InChI is InChI=1S/C14H18BrN3O2/c1-3-16-8-4-5-13-17-18-14(20-13)11-7-6-10(15)9-12(11)19-2/h6-7,9,16H,3-5,8H2,1-2H3. The van der Waals surface area contributed by atoms with Crippen LogP contribution in [0.2, 0.25) is 0 Å². The second-order valence-corrected chi connectivity index (χ2v) is 5.22. The van der Waals surface area contributed by atoms with E-state index in [4.69, 9.17) is 9.15 Å². The van der Waals surface area contributed by atoms with Gasteiger partial charge in [0.2, 0.25) is 5.89 Å². The van der Waals surface area contributed by atoms with Crippen LogP contribution in [-0.2, 0) is 6.42 Å². The Hall–Kier alpha value is -1.40. The smallest absolute Gasteiger partial charge is 0.251 e. The summed E-state index contributed by atoms with van der Waals surface area (Å²) in [7, 11) is 1.62. The van der Waals surface area contributed by atoms with E-state index in [2.05, 4.69) is 38.4 Å². The predicted molar refractivity (Wildman–Crippen MR) is 80.9 cm³/mol. The van der Waals surface area contributed by atoms with E-state index in [1.54, 1.807) is 7.11 Å². The van der Waals surface area contributed by atoms with Gasteiger partial charge in [0.15, 0.2) is 0 Å². The molecule has 0 aliphatic carbocycles. The minimum atomic E-state index is 0.493. The van der Waals surface area contributed by atoms with E-state index in [1.807, 2.05) is 18.2 Å². The van der Waals surface area contributed by atoms with Gasteiger partial charge < -0.3 is 14.5 Å². The Morgan fingerprint density at radius 2 is 2.20 bits per heavy atom. The molecular weight excluding hydrogens is 322 g/mol. The topological polar surface area (TPSA) is 60.2 Å². The first-order chi connectivity index (χ1) is 9.74. The number of nitrogens with zero attached hydrogens (tertiary/aromatic N) is 2. The van der Waals surface area contributed by atoms with Gasteiger partial charge in [0.25, 0.3) is 5.89 Å². The normalized spacial score (nSPS) is 10.8. The molecule has 0 aliphatic heterocycles. The highest BCUT2D eigenvalue weighted by Gasteiger charge is 2.13. The summed E-state index contributed by atoms with van der Waals surface area (Å²) in [5.74, 6) is 1.86. The van der Waals surface area contributed by atoms with E-state index in [9.17, 15) is 0 Å². The van der Waals surface area contributed by atoms with Gasteiger partial charge in [-0.15, -0.1) is 10.2 Å². The Morgan fingerprint density at radius 3 is 2.95 bits per heavy atom. The Labute approximate surface area is 126 Å². The molecule has 0 saturated carbocycles. The van der Waals surface area contributed by atoms with E-state index in [0.717, 1.165) is 36.0 Å². The van der Waals surface area contributed by atoms with Crippen molar-refractivity contribution < 1.29 is 9.15 Å². The molecule has 0 unspecified atom stereocenters. The van der Waals surface area contributed by atoms with Gasteiger partial charge in [-0.25, -0.2) is 0 Å². The highest BCUT2D eigenvalue weighted by atomic mass is 79.9. The summed E-state index contributed by atoms with van der Waals surface area (Å²) >= 11 is 3.41. The molecule has 1 aromatic carbocycles. The van der Waals surface area contributed by atoms with Crippen molar-refractivity contribution in [2.75, 3.05) is 20.2 Å². The second kappa shape index (κ2) is 7.40. The molecule has 0 amide bonds. The van der Waals surface area contributed by atoms with Crippen molar-refractivity contribution in [3.05, 3.63) is 28.6 Å². The summed E-state index contributed by atoms with van der Waals surface area (Å²) in [6.07, 6.45) is 1.76. The predicted octanol–water partition coefficient (Wildman–Crippen LogP) is 3.05. The number of hydrogen-bond acceptors (Lipinski definition) is 5. The zero-order valence-electron chi connectivity index (χ0n) is 11.6. The summed E-state index contributed by atoms with van der Waals surface area (Å²) < 4.78 is 12.0. The first kappa shape index (κ1) is 15.0. The number of aryl methyl sites for hydroxylation is 1. The van der Waals surface area contributed by atoms with Crippen LogP contribution in [0.3, 0.4) is 0 Å². The molecule has 1 aromatic heterocycles. The maximum atomic E-state index is 5.69. The molecule has 1 N–H and O–H groups in total. The van der Waals surface area contributed by atoms with Crippen LogP contribution in [0.15, 0.2) is 27.1 Å². The van der Waals surface area contributed by atoms with E-state index < -0.39 is 0 Å². The van der Waals surface area contributed by atoms with Gasteiger partial charge in [0.1, 0.15) is 5.75 Å². The second-order valence-electron chi connectivity index (χ2n) is 4.30. The summed E-state index contributed by atoms with van der Waals surface area (Å²) in [6, 6.07) is 5.70. The minimum absolute atomic E-state index is 0.493. The van der Waals surface area contributed by atoms with Crippen LogP contribution in [0.1, 0.15) is 19.2 Å². The van der Waals surface area contributed by atoms with Gasteiger partial charge >= 0.3 is 0 Å². The molecule has 5 nitrogen and oxygen atoms in total. The van der Waals surface area contributed by atoms with Crippen molar-refractivity contribution in [1.82, 2.24) is 15.5 Å². The molecule has 20 heavy (non-hydrogen) atoms. The third-order valence-corrected chi connectivity index (χ3v) is 3.35. The number of hydrogen-bond donors (Lipinski definition) is 1. The first-order valence-corrected chi connectivity index (χ1v) is 7.41. The number of rotatable bonds is 7. The summed E-state index contributed by atoms with van der Waals surface area (Å²) in [5.41, 5.74) is 0.807. The van der Waals surface area contributed by atoms with Gasteiger partial charge in [-0.05, 0) is 37.7 Å². The molecular formula is C14H18BrN3O2. The minimum Gasteiger partial charge on any atom is -0.496 e. The molecule has 0 saturated heterocycles. The molecule has 108 valence electrons. The lowest BCUT2D eigenvalue weighted by Crippen LogP contribution is -2.14. The van der Waals surface area contributed by atoms with Crippen LogP contribution in [0.4, 0.5) is 0 Å². The average molecular weight is 340 g/mol. The lowest BCUT2D eigenvalue weighted by atomic mass is 10.2. The van der Waals surface area contributed by atoms with Crippen LogP contribution >= 0.6 is 15.9 Å². The molecule has 6 heteroatoms. The van der Waals surface area contributed by atoms with Crippen LogP contribution in [0, 0.1) is 0 Å². The van der Waals surface area contributed by atoms with Crippen LogP contribution in [0.25, 0.3) is 11.5 Å². The summed E-state index contributed by atoms with van der Waals surface area (Å²) in [6.45, 7) is 4.02. The SMILES string of the molecule is CCNCCCc1nnc(-c2ccc(Br)cc2OC)o1. The van der Waals surface area contributed by atoms with E-state index in [-0.39, 0.29) is 0 Å². The fourth-order valence-electron chi connectivity index (χ4n) is 1.85. The zero-order valence-corrected chi connectivity index (χ0v) is 13.2. The van der Waals surface area contributed by atoms with E-state index in [0.29, 0.717) is 17.5 Å². The Morgan fingerprint density at radius 1 is 1.35 bits per heavy atom. The highest BCUT2D eigenvalue weighted by Crippen LogP contribution is 2.31. The molecule has 0 spiro atoms. The van der Waals surface area contributed by atoms with Gasteiger partial charge in [0, 0.05) is 10.9 Å². The van der Waals surface area contributed by atoms with Crippen LogP contribution in [0.5, 0.6) is 5.75 Å². The molecule has 0 radical (unpaired) electrons. The zero-order chi connectivity index (χ0) is 14.4. The molecule has 2 aromatic rings. The third-order valence-electron chi connectivity index (χ3n) is 2.86. The Balaban J connectivity index is 2.08. The van der Waals surface area contributed by atoms with Gasteiger partial charge in [-0.1, -0.05) is 22.9 Å². The van der Waals surface area contributed by atoms with Crippen molar-refractivity contribution in [3.8, 4) is 17.2 Å². The maximum absolute atomic E-state index is 5.69. The number of methoxy groups -OCH3 is 1. The van der Waals surface area contributed by atoms with Crippen molar-refractivity contribution >= 4 is 15.9 Å². The number of benzene rings is 1. The average Bonchev–Trinajstić information content (AvgIpc) is 2.92. The van der Waals surface area contributed by atoms with E-state index >= 15 is 0 Å². The molecule has 0 atom stereocenters. The molecule has 0 bridgehead atoms. The molecule has 2 rings (SSSR count). The highest BCUT2D eigenvalue weighted by molar-refractivity contribution is 9.10. The monoisotopic (exact) mass is 339 g/mol. The van der Waals surface area contributed by atoms with Crippen molar-refractivity contribution in [2.24, 2.45) is 0 Å². The Bertz CT molecular complexity index is 557. The van der Waals surface area contributed by atoms with Crippen LogP contribution < -0.4 is 10.1 Å². The first-order valence-electron chi connectivity index (χ1n) is 6.61. The lowest BCUT2D eigenvalue weighted by Gasteiger charge is -2.05. The molecule has 0 fully saturated rings. The number of nitrogens with one attached hydrogen (secondary N) is 1. The largest absolute Gasteiger partial charge is 0.496 e. The van der Waals surface area contributed by atoms with Gasteiger partial charge in [-0.2, -0.15) is 0 Å². The van der Waals surface area contributed by atoms with Gasteiger partial charge in [0.05, 0.1) is 12.7 Å². The van der Waals surface area contributed by atoms with E-state index in [1.165, 1.54) is 0 Å². The quantitative estimate of drug-likeness (QED) is 0.785. The van der Waals surface area contributed by atoms with Crippen LogP contribution in [-0.4, -0.2) is 30.4 Å². The fraction of sp³-hybridized carbons (Fsp3) is 0.429. The summed E-state index contributed by atoms with van der Waals surface area (Å²) in [4.78, 5) is 0. The lowest BCUT2D eigenvalue weighted by molar-refractivity contribution is 0.413. The third kappa shape index (κ3) is 3.80. The number of halogens is 1. The van der Waals surface area contributed by atoms with Crippen molar-refractivity contribution in [1.29, 1.82) is 0 Å². The van der Waals surface area contributed by atoms with Crippen molar-refractivity contribution in [2.45, 2.75) is 19.8 Å². The molecule has 0 aliphatic rings. The Kier molecular flexibility index (Phi) is 5.55. The van der Waals surface area contributed by atoms with Gasteiger partial charge in [-0.3, -0.25) is 0 Å². The fourth-order valence-corrected chi connectivity index (χ4v) is 2.19.